The largest absolute Gasteiger partial charge is 0.454 e. The van der Waals surface area contributed by atoms with Crippen LogP contribution in [0.3, 0.4) is 0 Å². The van der Waals surface area contributed by atoms with E-state index in [2.05, 4.69) is 5.32 Å². The summed E-state index contributed by atoms with van der Waals surface area (Å²) in [5.74, 6) is -0.340. The van der Waals surface area contributed by atoms with Crippen molar-refractivity contribution in [2.45, 2.75) is 6.54 Å². The number of halogens is 1. The van der Waals surface area contributed by atoms with Crippen molar-refractivity contribution >= 4 is 5.69 Å². The highest BCUT2D eigenvalue weighted by atomic mass is 19.1. The summed E-state index contributed by atoms with van der Waals surface area (Å²) in [5, 5.41) is 13.5. The van der Waals surface area contributed by atoms with Crippen LogP contribution in [0.15, 0.2) is 42.5 Å². The smallest absolute Gasteiger partial charge is 0.272 e. The highest BCUT2D eigenvalue weighted by Crippen LogP contribution is 2.27. The summed E-state index contributed by atoms with van der Waals surface area (Å²) in [4.78, 5) is 9.86. The molecule has 0 fully saturated rings. The molecule has 0 aliphatic carbocycles. The molecule has 0 aliphatic rings. The average Bonchev–Trinajstić information content (AvgIpc) is 2.43. The Bertz CT molecular complexity index is 614. The van der Waals surface area contributed by atoms with Crippen LogP contribution in [-0.2, 0) is 6.54 Å². The molecular formula is C14H13FN2O3. The lowest BCUT2D eigenvalue weighted by Crippen LogP contribution is -2.04. The highest BCUT2D eigenvalue weighted by Gasteiger charge is 2.12. The van der Waals surface area contributed by atoms with Crippen LogP contribution in [0.2, 0.25) is 0 Å². The molecule has 0 bridgehead atoms. The van der Waals surface area contributed by atoms with Crippen LogP contribution in [0.4, 0.5) is 10.1 Å². The van der Waals surface area contributed by atoms with Crippen molar-refractivity contribution in [3.63, 3.8) is 0 Å². The number of nitro groups is 1. The Labute approximate surface area is 115 Å². The van der Waals surface area contributed by atoms with Gasteiger partial charge in [-0.1, -0.05) is 12.1 Å². The van der Waals surface area contributed by atoms with E-state index in [4.69, 9.17) is 4.74 Å². The van der Waals surface area contributed by atoms with Crippen LogP contribution < -0.4 is 10.1 Å². The number of nitrogens with zero attached hydrogens (tertiary/aromatic N) is 1. The number of benzene rings is 2. The molecule has 0 saturated carbocycles. The fraction of sp³-hybridized carbons (Fsp3) is 0.143. The third-order valence-corrected chi connectivity index (χ3v) is 2.66. The summed E-state index contributed by atoms with van der Waals surface area (Å²) in [6, 6.07) is 10.4. The van der Waals surface area contributed by atoms with E-state index in [1.165, 1.54) is 12.1 Å². The number of hydrogen-bond acceptors (Lipinski definition) is 4. The molecule has 0 atom stereocenters. The molecule has 1 N–H and O–H groups in total. The number of non-ortho nitro benzene ring substituents is 1. The van der Waals surface area contributed by atoms with Gasteiger partial charge in [0.15, 0.2) is 11.6 Å². The van der Waals surface area contributed by atoms with Crippen LogP contribution in [0.5, 0.6) is 11.5 Å². The third-order valence-electron chi connectivity index (χ3n) is 2.66. The van der Waals surface area contributed by atoms with Gasteiger partial charge < -0.3 is 10.1 Å². The summed E-state index contributed by atoms with van der Waals surface area (Å²) in [6.07, 6.45) is 0. The van der Waals surface area contributed by atoms with E-state index in [-0.39, 0.29) is 11.4 Å². The topological polar surface area (TPSA) is 64.4 Å². The second-order valence-corrected chi connectivity index (χ2v) is 4.15. The molecule has 6 heteroatoms. The van der Waals surface area contributed by atoms with Crippen LogP contribution in [0.25, 0.3) is 0 Å². The van der Waals surface area contributed by atoms with Crippen molar-refractivity contribution in [1.29, 1.82) is 0 Å². The molecule has 0 saturated heterocycles. The van der Waals surface area contributed by atoms with Crippen molar-refractivity contribution in [2.75, 3.05) is 7.05 Å². The Hall–Kier alpha value is -2.47. The van der Waals surface area contributed by atoms with Gasteiger partial charge in [0, 0.05) is 12.6 Å². The minimum absolute atomic E-state index is 0.0445. The first-order valence-electron chi connectivity index (χ1n) is 5.95. The fourth-order valence-corrected chi connectivity index (χ4v) is 1.69. The number of rotatable bonds is 5. The summed E-state index contributed by atoms with van der Waals surface area (Å²) in [6.45, 7) is 0.728. The summed E-state index contributed by atoms with van der Waals surface area (Å²) < 4.78 is 19.0. The summed E-state index contributed by atoms with van der Waals surface area (Å²) in [7, 11) is 1.84. The molecule has 0 amide bonds. The molecule has 0 spiro atoms. The zero-order chi connectivity index (χ0) is 14.5. The predicted octanol–water partition coefficient (Wildman–Crippen LogP) is 3.25. The molecule has 2 rings (SSSR count). The van der Waals surface area contributed by atoms with Crippen LogP contribution in [0, 0.1) is 15.9 Å². The maximum absolute atomic E-state index is 13.7. The lowest BCUT2D eigenvalue weighted by molar-refractivity contribution is -0.385. The minimum atomic E-state index is -0.765. The molecule has 5 nitrogen and oxygen atoms in total. The maximum atomic E-state index is 13.7. The molecular weight excluding hydrogens is 263 g/mol. The van der Waals surface area contributed by atoms with E-state index in [1.54, 1.807) is 12.1 Å². The highest BCUT2D eigenvalue weighted by molar-refractivity contribution is 5.40. The third kappa shape index (κ3) is 3.30. The SMILES string of the molecule is CNCc1ccc(Oc2ccc([N+](=O)[O-])cc2F)cc1. The first-order valence-corrected chi connectivity index (χ1v) is 5.95. The number of ether oxygens (including phenoxy) is 1. The Morgan fingerprint density at radius 3 is 2.50 bits per heavy atom. The maximum Gasteiger partial charge on any atom is 0.272 e. The van der Waals surface area contributed by atoms with Crippen molar-refractivity contribution in [1.82, 2.24) is 5.32 Å². The number of nitro benzene ring substituents is 1. The van der Waals surface area contributed by atoms with Crippen LogP contribution in [0.1, 0.15) is 5.56 Å². The molecule has 0 heterocycles. The van der Waals surface area contributed by atoms with E-state index < -0.39 is 10.7 Å². The fourth-order valence-electron chi connectivity index (χ4n) is 1.69. The molecule has 2 aromatic rings. The first-order chi connectivity index (χ1) is 9.60. The zero-order valence-electron chi connectivity index (χ0n) is 10.8. The summed E-state index contributed by atoms with van der Waals surface area (Å²) >= 11 is 0. The minimum Gasteiger partial charge on any atom is -0.454 e. The molecule has 0 aromatic heterocycles. The van der Waals surface area contributed by atoms with Crippen LogP contribution >= 0.6 is 0 Å². The second-order valence-electron chi connectivity index (χ2n) is 4.15. The van der Waals surface area contributed by atoms with E-state index in [1.807, 2.05) is 19.2 Å². The monoisotopic (exact) mass is 276 g/mol. The Kier molecular flexibility index (Phi) is 4.27. The van der Waals surface area contributed by atoms with Crippen molar-refractivity contribution in [2.24, 2.45) is 0 Å². The molecule has 0 radical (unpaired) electrons. The van der Waals surface area contributed by atoms with Crippen molar-refractivity contribution in [3.05, 3.63) is 64.0 Å². The molecule has 20 heavy (non-hydrogen) atoms. The van der Waals surface area contributed by atoms with Gasteiger partial charge in [-0.25, -0.2) is 4.39 Å². The molecule has 0 aliphatic heterocycles. The quantitative estimate of drug-likeness (QED) is 0.672. The van der Waals surface area contributed by atoms with Gasteiger partial charge in [-0.2, -0.15) is 0 Å². The van der Waals surface area contributed by atoms with Gasteiger partial charge in [0.05, 0.1) is 11.0 Å². The van der Waals surface area contributed by atoms with Gasteiger partial charge in [0.2, 0.25) is 0 Å². The second kappa shape index (κ2) is 6.12. The molecule has 104 valence electrons. The van der Waals surface area contributed by atoms with E-state index in [0.717, 1.165) is 18.2 Å². The molecule has 2 aromatic carbocycles. The zero-order valence-corrected chi connectivity index (χ0v) is 10.8. The Balaban J connectivity index is 2.15. The van der Waals surface area contributed by atoms with Gasteiger partial charge in [-0.3, -0.25) is 10.1 Å². The normalized spacial score (nSPS) is 10.3. The predicted molar refractivity (Wildman–Crippen MR) is 72.3 cm³/mol. The number of hydrogen-bond donors (Lipinski definition) is 1. The first kappa shape index (κ1) is 14.0. The Morgan fingerprint density at radius 1 is 1.25 bits per heavy atom. The lowest BCUT2D eigenvalue weighted by Gasteiger charge is -2.07. The van der Waals surface area contributed by atoms with Gasteiger partial charge in [0.1, 0.15) is 5.75 Å². The average molecular weight is 276 g/mol. The Morgan fingerprint density at radius 2 is 1.95 bits per heavy atom. The number of nitrogens with one attached hydrogen (secondary N) is 1. The van der Waals surface area contributed by atoms with E-state index in [9.17, 15) is 14.5 Å². The lowest BCUT2D eigenvalue weighted by atomic mass is 10.2. The van der Waals surface area contributed by atoms with Gasteiger partial charge in [-0.15, -0.1) is 0 Å². The summed E-state index contributed by atoms with van der Waals surface area (Å²) in [5.41, 5.74) is 0.767. The standard InChI is InChI=1S/C14H13FN2O3/c1-16-9-10-2-5-12(6-3-10)20-14-7-4-11(17(18)19)8-13(14)15/h2-8,16H,9H2,1H3. The van der Waals surface area contributed by atoms with Gasteiger partial charge >= 0.3 is 0 Å². The van der Waals surface area contributed by atoms with Gasteiger partial charge in [-0.05, 0) is 30.8 Å². The van der Waals surface area contributed by atoms with Crippen LogP contribution in [-0.4, -0.2) is 12.0 Å². The van der Waals surface area contributed by atoms with E-state index in [0.29, 0.717) is 5.75 Å². The van der Waals surface area contributed by atoms with E-state index >= 15 is 0 Å². The van der Waals surface area contributed by atoms with Crippen molar-refractivity contribution < 1.29 is 14.1 Å². The van der Waals surface area contributed by atoms with Gasteiger partial charge in [0.25, 0.3) is 5.69 Å². The molecule has 0 unspecified atom stereocenters. The van der Waals surface area contributed by atoms with Crippen molar-refractivity contribution in [3.8, 4) is 11.5 Å².